The number of carbonyl (C=O) groups excluding carboxylic acids is 2. The molecule has 3 heterocycles. The van der Waals surface area contributed by atoms with Crippen molar-refractivity contribution >= 4 is 11.8 Å². The maximum absolute atomic E-state index is 13.0. The van der Waals surface area contributed by atoms with Gasteiger partial charge in [0.2, 0.25) is 0 Å². The summed E-state index contributed by atoms with van der Waals surface area (Å²) < 4.78 is 0. The molecule has 2 aliphatic rings. The number of carbonyl (C=O) groups is 2. The molecule has 0 aromatic carbocycles. The Kier molecular flexibility index (Phi) is 6.28. The van der Waals surface area contributed by atoms with Crippen LogP contribution in [0.3, 0.4) is 0 Å². The monoisotopic (exact) mass is 357 g/mol. The molecule has 0 aliphatic carbocycles. The number of aromatic nitrogens is 1. The highest BCUT2D eigenvalue weighted by atomic mass is 16.2. The minimum Gasteiger partial charge on any atom is -0.336 e. The van der Waals surface area contributed by atoms with Gasteiger partial charge in [-0.1, -0.05) is 13.8 Å². The van der Waals surface area contributed by atoms with Gasteiger partial charge in [0.15, 0.2) is 0 Å². The van der Waals surface area contributed by atoms with Gasteiger partial charge in [-0.15, -0.1) is 0 Å². The maximum atomic E-state index is 13.0. The lowest BCUT2D eigenvalue weighted by molar-refractivity contribution is 0.0605. The number of amides is 2. The van der Waals surface area contributed by atoms with E-state index < -0.39 is 0 Å². The molecule has 0 N–H and O–H groups in total. The Bertz CT molecular complexity index is 595. The summed E-state index contributed by atoms with van der Waals surface area (Å²) in [5.41, 5.74) is 1.09. The molecule has 2 unspecified atom stereocenters. The van der Waals surface area contributed by atoms with Crippen molar-refractivity contribution in [2.45, 2.75) is 77.3 Å². The zero-order chi connectivity index (χ0) is 18.5. The van der Waals surface area contributed by atoms with Gasteiger partial charge in [0.25, 0.3) is 11.8 Å². The van der Waals surface area contributed by atoms with Crippen LogP contribution in [0, 0.1) is 0 Å². The highest BCUT2D eigenvalue weighted by molar-refractivity contribution is 5.99. The molecule has 5 heteroatoms. The summed E-state index contributed by atoms with van der Waals surface area (Å²) in [4.78, 5) is 34.2. The Labute approximate surface area is 156 Å². The van der Waals surface area contributed by atoms with Crippen LogP contribution in [0.25, 0.3) is 0 Å². The van der Waals surface area contributed by atoms with Crippen molar-refractivity contribution < 1.29 is 9.59 Å². The van der Waals surface area contributed by atoms with Crippen LogP contribution >= 0.6 is 0 Å². The molecule has 0 saturated carbocycles. The standard InChI is InChI=1S/C21H31N3O2/c1-3-18-9-5-7-11-23(18)20(25)16-13-17(15-22-14-16)21(26)24-12-8-6-10-19(24)4-2/h13-15,18-19H,3-12H2,1-2H3. The molecule has 26 heavy (non-hydrogen) atoms. The molecule has 0 spiro atoms. The van der Waals surface area contributed by atoms with Crippen molar-refractivity contribution in [2.24, 2.45) is 0 Å². The molecule has 2 atom stereocenters. The van der Waals surface area contributed by atoms with E-state index in [-0.39, 0.29) is 11.8 Å². The van der Waals surface area contributed by atoms with Gasteiger partial charge in [-0.05, 0) is 57.4 Å². The Morgan fingerprint density at radius 2 is 1.35 bits per heavy atom. The van der Waals surface area contributed by atoms with E-state index in [9.17, 15) is 9.59 Å². The number of hydrogen-bond donors (Lipinski definition) is 0. The van der Waals surface area contributed by atoms with Crippen LogP contribution in [0.2, 0.25) is 0 Å². The lowest BCUT2D eigenvalue weighted by atomic mass is 9.98. The first-order valence-electron chi connectivity index (χ1n) is 10.2. The average molecular weight is 357 g/mol. The molecule has 1 aromatic rings. The third-order valence-corrected chi connectivity index (χ3v) is 5.95. The van der Waals surface area contributed by atoms with Gasteiger partial charge in [-0.25, -0.2) is 0 Å². The summed E-state index contributed by atoms with van der Waals surface area (Å²) in [5, 5.41) is 0. The van der Waals surface area contributed by atoms with E-state index in [1.807, 2.05) is 9.80 Å². The second-order valence-electron chi connectivity index (χ2n) is 7.58. The second kappa shape index (κ2) is 8.65. The van der Waals surface area contributed by atoms with Crippen LogP contribution in [0.5, 0.6) is 0 Å². The Morgan fingerprint density at radius 1 is 0.885 bits per heavy atom. The molecule has 2 amide bonds. The quantitative estimate of drug-likeness (QED) is 0.821. The van der Waals surface area contributed by atoms with E-state index in [0.717, 1.165) is 51.6 Å². The Hall–Kier alpha value is -1.91. The fourth-order valence-corrected chi connectivity index (χ4v) is 4.39. The summed E-state index contributed by atoms with van der Waals surface area (Å²) >= 11 is 0. The molecule has 142 valence electrons. The lowest BCUT2D eigenvalue weighted by Crippen LogP contribution is -2.44. The molecular formula is C21H31N3O2. The van der Waals surface area contributed by atoms with Crippen LogP contribution in [0.15, 0.2) is 18.5 Å². The van der Waals surface area contributed by atoms with Crippen LogP contribution < -0.4 is 0 Å². The number of nitrogens with zero attached hydrogens (tertiary/aromatic N) is 3. The van der Waals surface area contributed by atoms with Gasteiger partial charge in [0.1, 0.15) is 0 Å². The number of rotatable bonds is 4. The van der Waals surface area contributed by atoms with E-state index in [2.05, 4.69) is 18.8 Å². The molecule has 0 bridgehead atoms. The van der Waals surface area contributed by atoms with E-state index in [4.69, 9.17) is 0 Å². The molecule has 3 rings (SSSR count). The van der Waals surface area contributed by atoms with Crippen molar-refractivity contribution in [1.29, 1.82) is 0 Å². The highest BCUT2D eigenvalue weighted by Crippen LogP contribution is 2.24. The summed E-state index contributed by atoms with van der Waals surface area (Å²) in [5.74, 6) is 0.0359. The highest BCUT2D eigenvalue weighted by Gasteiger charge is 2.29. The van der Waals surface area contributed by atoms with Gasteiger partial charge in [-0.3, -0.25) is 14.6 Å². The van der Waals surface area contributed by atoms with Crippen LogP contribution in [-0.4, -0.2) is 51.8 Å². The summed E-state index contributed by atoms with van der Waals surface area (Å²) in [7, 11) is 0. The smallest absolute Gasteiger partial charge is 0.255 e. The number of piperidine rings is 2. The van der Waals surface area contributed by atoms with Crippen molar-refractivity contribution in [3.05, 3.63) is 29.6 Å². The van der Waals surface area contributed by atoms with E-state index in [0.29, 0.717) is 23.2 Å². The Balaban J connectivity index is 1.79. The predicted molar refractivity (Wildman–Crippen MR) is 102 cm³/mol. The van der Waals surface area contributed by atoms with E-state index in [1.165, 1.54) is 12.8 Å². The molecule has 2 fully saturated rings. The predicted octanol–water partition coefficient (Wildman–Crippen LogP) is 3.89. The van der Waals surface area contributed by atoms with Crippen molar-refractivity contribution in [3.63, 3.8) is 0 Å². The number of likely N-dealkylation sites (tertiary alicyclic amines) is 2. The first-order chi connectivity index (χ1) is 12.7. The summed E-state index contributed by atoms with van der Waals surface area (Å²) in [6.07, 6.45) is 11.8. The minimum atomic E-state index is 0.0179. The van der Waals surface area contributed by atoms with Crippen LogP contribution in [0.1, 0.15) is 85.9 Å². The van der Waals surface area contributed by atoms with E-state index in [1.54, 1.807) is 18.5 Å². The van der Waals surface area contributed by atoms with Crippen molar-refractivity contribution in [2.75, 3.05) is 13.1 Å². The fraction of sp³-hybridized carbons (Fsp3) is 0.667. The molecular weight excluding hydrogens is 326 g/mol. The van der Waals surface area contributed by atoms with E-state index >= 15 is 0 Å². The molecule has 2 saturated heterocycles. The van der Waals surface area contributed by atoms with Crippen molar-refractivity contribution in [1.82, 2.24) is 14.8 Å². The third-order valence-electron chi connectivity index (χ3n) is 5.95. The molecule has 1 aromatic heterocycles. The molecule has 0 radical (unpaired) electrons. The SMILES string of the molecule is CCC1CCCCN1C(=O)c1cncc(C(=O)N2CCCCC2CC)c1. The number of pyridine rings is 1. The van der Waals surface area contributed by atoms with Gasteiger partial charge < -0.3 is 9.80 Å². The molecule has 2 aliphatic heterocycles. The topological polar surface area (TPSA) is 53.5 Å². The van der Waals surface area contributed by atoms with Gasteiger partial charge >= 0.3 is 0 Å². The zero-order valence-electron chi connectivity index (χ0n) is 16.1. The summed E-state index contributed by atoms with van der Waals surface area (Å²) in [6.45, 7) is 5.88. The number of hydrogen-bond acceptors (Lipinski definition) is 3. The maximum Gasteiger partial charge on any atom is 0.255 e. The fourth-order valence-electron chi connectivity index (χ4n) is 4.39. The minimum absolute atomic E-state index is 0.0179. The lowest BCUT2D eigenvalue weighted by Gasteiger charge is -2.36. The van der Waals surface area contributed by atoms with Gasteiger partial charge in [0.05, 0.1) is 11.1 Å². The van der Waals surface area contributed by atoms with Crippen LogP contribution in [-0.2, 0) is 0 Å². The first kappa shape index (κ1) is 18.9. The first-order valence-corrected chi connectivity index (χ1v) is 10.2. The largest absolute Gasteiger partial charge is 0.336 e. The van der Waals surface area contributed by atoms with Crippen molar-refractivity contribution in [3.8, 4) is 0 Å². The van der Waals surface area contributed by atoms with Crippen LogP contribution in [0.4, 0.5) is 0 Å². The second-order valence-corrected chi connectivity index (χ2v) is 7.58. The molecule has 5 nitrogen and oxygen atoms in total. The van der Waals surface area contributed by atoms with Gasteiger partial charge in [0, 0.05) is 37.6 Å². The zero-order valence-corrected chi connectivity index (χ0v) is 16.1. The Morgan fingerprint density at radius 3 is 1.77 bits per heavy atom. The summed E-state index contributed by atoms with van der Waals surface area (Å²) in [6, 6.07) is 2.37. The normalized spacial score (nSPS) is 23.8. The third kappa shape index (κ3) is 3.92. The average Bonchev–Trinajstić information content (AvgIpc) is 2.72. The van der Waals surface area contributed by atoms with Gasteiger partial charge in [-0.2, -0.15) is 0 Å².